The van der Waals surface area contributed by atoms with E-state index in [0.29, 0.717) is 5.71 Å². The van der Waals surface area contributed by atoms with Crippen LogP contribution in [-0.4, -0.2) is 11.9 Å². The maximum Gasteiger partial charge on any atom is 0.0729 e. The summed E-state index contributed by atoms with van der Waals surface area (Å²) in [5, 5.41) is 14.0. The molecule has 0 amide bonds. The number of rotatable bonds is 8. The molecule has 0 radical (unpaired) electrons. The molecule has 1 N–H and O–H groups in total. The van der Waals surface area contributed by atoms with Crippen LogP contribution in [0.4, 0.5) is 0 Å². The Labute approximate surface area is 346 Å². The van der Waals surface area contributed by atoms with Crippen LogP contribution in [0.15, 0.2) is 211 Å². The van der Waals surface area contributed by atoms with E-state index in [2.05, 4.69) is 172 Å². The first-order valence-corrected chi connectivity index (χ1v) is 20.3. The fraction of sp³-hybridized carbons (Fsp3) is 0.0526. The zero-order valence-electron chi connectivity index (χ0n) is 33.2. The standard InChI is InChI=1S/C57H42N2/c1-57(2)52-27-15-26-47(55(52)51-35-32-39-18-9-10-23-48(39)56(51)57)41-30-28-40(29-31-41)46-34-33-43(45-22-11-13-24-49(45)46)37-59-54(36-53(58)42-19-7-4-8-20-42)50-25-14-12-21-44(50)38-16-5-3-6-17-38/h3-37,58H,1-2H3/b54-36-,58-53?,59-37?. The normalized spacial score (nSPS) is 13.2. The number of aliphatic imine (C=N–C) groups is 1. The summed E-state index contributed by atoms with van der Waals surface area (Å²) in [6.45, 7) is 4.74. The van der Waals surface area contributed by atoms with E-state index in [1.165, 1.54) is 60.7 Å². The molecule has 1 aliphatic carbocycles. The highest BCUT2D eigenvalue weighted by molar-refractivity contribution is 6.12. The first-order chi connectivity index (χ1) is 29.0. The van der Waals surface area contributed by atoms with E-state index >= 15 is 0 Å². The van der Waals surface area contributed by atoms with E-state index in [4.69, 9.17) is 10.4 Å². The molecule has 0 spiro atoms. The Morgan fingerprint density at radius 1 is 0.475 bits per heavy atom. The van der Waals surface area contributed by atoms with Crippen molar-refractivity contribution in [2.75, 3.05) is 0 Å². The summed E-state index contributed by atoms with van der Waals surface area (Å²) >= 11 is 0. The van der Waals surface area contributed by atoms with Gasteiger partial charge in [-0.15, -0.1) is 0 Å². The highest BCUT2D eigenvalue weighted by Crippen LogP contribution is 2.54. The van der Waals surface area contributed by atoms with Gasteiger partial charge in [0.05, 0.1) is 11.4 Å². The number of hydrogen-bond donors (Lipinski definition) is 1. The van der Waals surface area contributed by atoms with Gasteiger partial charge < -0.3 is 5.41 Å². The monoisotopic (exact) mass is 754 g/mol. The molecule has 9 aromatic rings. The Morgan fingerprint density at radius 2 is 1.07 bits per heavy atom. The maximum atomic E-state index is 9.06. The largest absolute Gasteiger partial charge is 0.300 e. The van der Waals surface area contributed by atoms with Gasteiger partial charge in [-0.25, -0.2) is 0 Å². The van der Waals surface area contributed by atoms with Crippen LogP contribution >= 0.6 is 0 Å². The Kier molecular flexibility index (Phi) is 9.03. The fourth-order valence-electron chi connectivity index (χ4n) is 9.15. The summed E-state index contributed by atoms with van der Waals surface area (Å²) in [5.41, 5.74) is 16.4. The lowest BCUT2D eigenvalue weighted by Gasteiger charge is -2.23. The van der Waals surface area contributed by atoms with E-state index in [1.54, 1.807) is 0 Å². The molecule has 0 unspecified atom stereocenters. The molecule has 0 aliphatic heterocycles. The predicted molar refractivity (Wildman–Crippen MR) is 251 cm³/mol. The smallest absolute Gasteiger partial charge is 0.0729 e. The molecule has 0 saturated heterocycles. The average molecular weight is 755 g/mol. The maximum absolute atomic E-state index is 9.06. The van der Waals surface area contributed by atoms with Crippen LogP contribution in [-0.2, 0) is 5.41 Å². The SMILES string of the molecule is CC1(C)c2cccc(-c3ccc(-c4ccc(C=N/C(=C\C(=N)c5ccccc5)c5ccccc5-c5ccccc5)c5ccccc45)cc3)c2-c2ccc3ccccc3c21. The summed E-state index contributed by atoms with van der Waals surface area (Å²) in [6.07, 6.45) is 3.84. The van der Waals surface area contributed by atoms with Crippen molar-refractivity contribution in [3.63, 3.8) is 0 Å². The van der Waals surface area contributed by atoms with Crippen LogP contribution < -0.4 is 0 Å². The summed E-state index contributed by atoms with van der Waals surface area (Å²) < 4.78 is 0. The summed E-state index contributed by atoms with van der Waals surface area (Å²) in [7, 11) is 0. The average Bonchev–Trinajstić information content (AvgIpc) is 3.54. The Bertz CT molecular complexity index is 3110. The number of nitrogens with one attached hydrogen (secondary N) is 1. The van der Waals surface area contributed by atoms with Crippen molar-refractivity contribution in [1.82, 2.24) is 0 Å². The van der Waals surface area contributed by atoms with Crippen molar-refractivity contribution in [3.05, 3.63) is 234 Å². The molecule has 9 aromatic carbocycles. The fourth-order valence-corrected chi connectivity index (χ4v) is 9.15. The minimum Gasteiger partial charge on any atom is -0.300 e. The van der Waals surface area contributed by atoms with Crippen molar-refractivity contribution < 1.29 is 0 Å². The summed E-state index contributed by atoms with van der Waals surface area (Å²) in [5.74, 6) is 0. The third kappa shape index (κ3) is 6.40. The molecule has 0 saturated carbocycles. The van der Waals surface area contributed by atoms with Gasteiger partial charge in [0, 0.05) is 22.8 Å². The second-order valence-electron chi connectivity index (χ2n) is 15.9. The first-order valence-electron chi connectivity index (χ1n) is 20.3. The van der Waals surface area contributed by atoms with Crippen LogP contribution in [0.1, 0.15) is 41.7 Å². The van der Waals surface area contributed by atoms with E-state index in [9.17, 15) is 0 Å². The molecule has 2 nitrogen and oxygen atoms in total. The Hall–Kier alpha value is -7.42. The van der Waals surface area contributed by atoms with Gasteiger partial charge in [-0.05, 0) is 88.8 Å². The Balaban J connectivity index is 1.02. The molecule has 1 aliphatic rings. The van der Waals surface area contributed by atoms with E-state index < -0.39 is 0 Å². The van der Waals surface area contributed by atoms with Crippen LogP contribution in [0.5, 0.6) is 0 Å². The van der Waals surface area contributed by atoms with Crippen LogP contribution in [0.2, 0.25) is 0 Å². The van der Waals surface area contributed by atoms with Gasteiger partial charge in [0.25, 0.3) is 0 Å². The topological polar surface area (TPSA) is 36.2 Å². The number of allylic oxidation sites excluding steroid dienone is 1. The van der Waals surface area contributed by atoms with Crippen LogP contribution in [0.3, 0.4) is 0 Å². The molecule has 0 fully saturated rings. The molecule has 59 heavy (non-hydrogen) atoms. The van der Waals surface area contributed by atoms with Gasteiger partial charge >= 0.3 is 0 Å². The zero-order chi connectivity index (χ0) is 39.9. The third-order valence-corrected chi connectivity index (χ3v) is 12.0. The predicted octanol–water partition coefficient (Wildman–Crippen LogP) is 14.8. The molecule has 0 atom stereocenters. The second-order valence-corrected chi connectivity index (χ2v) is 15.9. The molecule has 10 rings (SSSR count). The van der Waals surface area contributed by atoms with Gasteiger partial charge in [0.2, 0.25) is 0 Å². The molecular weight excluding hydrogens is 713 g/mol. The van der Waals surface area contributed by atoms with Crippen LogP contribution in [0.25, 0.3) is 71.7 Å². The third-order valence-electron chi connectivity index (χ3n) is 12.0. The second kappa shape index (κ2) is 14.8. The summed E-state index contributed by atoms with van der Waals surface area (Å²) in [6, 6.07) is 70.8. The van der Waals surface area contributed by atoms with Crippen LogP contribution in [0, 0.1) is 5.41 Å². The van der Waals surface area contributed by atoms with Gasteiger partial charge in [0.15, 0.2) is 0 Å². The molecular formula is C57H42N2. The molecule has 0 heterocycles. The lowest BCUT2D eigenvalue weighted by atomic mass is 9.80. The minimum absolute atomic E-state index is 0.100. The van der Waals surface area contributed by atoms with Crippen molar-refractivity contribution in [3.8, 4) is 44.5 Å². The van der Waals surface area contributed by atoms with Crippen molar-refractivity contribution in [2.24, 2.45) is 4.99 Å². The lowest BCUT2D eigenvalue weighted by molar-refractivity contribution is 0.666. The zero-order valence-corrected chi connectivity index (χ0v) is 33.2. The van der Waals surface area contributed by atoms with E-state index in [-0.39, 0.29) is 5.41 Å². The quantitative estimate of drug-likeness (QED) is 0.150. The molecule has 2 heteroatoms. The summed E-state index contributed by atoms with van der Waals surface area (Å²) in [4.78, 5) is 5.18. The molecule has 280 valence electrons. The van der Waals surface area contributed by atoms with E-state index in [0.717, 1.165) is 38.9 Å². The van der Waals surface area contributed by atoms with Gasteiger partial charge in [-0.1, -0.05) is 214 Å². The Morgan fingerprint density at radius 3 is 1.85 bits per heavy atom. The van der Waals surface area contributed by atoms with Gasteiger partial charge in [-0.2, -0.15) is 0 Å². The van der Waals surface area contributed by atoms with Gasteiger partial charge in [0.1, 0.15) is 0 Å². The number of nitrogens with zero attached hydrogens (tertiary/aromatic N) is 1. The highest BCUT2D eigenvalue weighted by atomic mass is 14.7. The number of benzene rings is 9. The minimum atomic E-state index is -0.100. The number of fused-ring (bicyclic) bond motifs is 6. The number of hydrogen-bond acceptors (Lipinski definition) is 2. The van der Waals surface area contributed by atoms with Crippen molar-refractivity contribution in [1.29, 1.82) is 5.41 Å². The van der Waals surface area contributed by atoms with Gasteiger partial charge in [-0.3, -0.25) is 4.99 Å². The highest BCUT2D eigenvalue weighted by Gasteiger charge is 2.38. The van der Waals surface area contributed by atoms with E-state index in [1.807, 2.05) is 54.8 Å². The molecule has 0 aromatic heterocycles. The van der Waals surface area contributed by atoms with Crippen molar-refractivity contribution >= 4 is 39.2 Å². The van der Waals surface area contributed by atoms with Crippen molar-refractivity contribution in [2.45, 2.75) is 19.3 Å². The first kappa shape index (κ1) is 36.0. The lowest BCUT2D eigenvalue weighted by Crippen LogP contribution is -2.15. The molecule has 0 bridgehead atoms.